The van der Waals surface area contributed by atoms with Crippen molar-refractivity contribution in [3.63, 3.8) is 0 Å². The van der Waals surface area contributed by atoms with E-state index in [4.69, 9.17) is 5.11 Å². The molecule has 5 nitrogen and oxygen atoms in total. The third kappa shape index (κ3) is 2.82. The summed E-state index contributed by atoms with van der Waals surface area (Å²) in [5, 5.41) is 8.83. The molecule has 5 heteroatoms. The molecular formula is C15H21N3O2. The molecule has 0 aliphatic rings. The van der Waals surface area contributed by atoms with Crippen molar-refractivity contribution in [2.45, 2.75) is 26.3 Å². The van der Waals surface area contributed by atoms with E-state index in [1.807, 2.05) is 38.2 Å². The first kappa shape index (κ1) is 14.5. The first-order chi connectivity index (χ1) is 9.54. The Morgan fingerprint density at radius 1 is 1.45 bits per heavy atom. The van der Waals surface area contributed by atoms with Gasteiger partial charge < -0.3 is 9.67 Å². The van der Waals surface area contributed by atoms with Crippen LogP contribution in [0.25, 0.3) is 11.0 Å². The second-order valence-electron chi connectivity index (χ2n) is 4.97. The van der Waals surface area contributed by atoms with Gasteiger partial charge in [0, 0.05) is 13.6 Å². The molecule has 0 amide bonds. The molecule has 0 spiro atoms. The number of fused-ring (bicyclic) bond motifs is 1. The number of benzene rings is 1. The SMILES string of the molecule is CCN(CCC(=O)O)C(C)c1nc2ccccc2n1C. The lowest BCUT2D eigenvalue weighted by molar-refractivity contribution is -0.137. The monoisotopic (exact) mass is 275 g/mol. The Morgan fingerprint density at radius 2 is 2.15 bits per heavy atom. The fourth-order valence-electron chi connectivity index (χ4n) is 2.57. The highest BCUT2D eigenvalue weighted by molar-refractivity contribution is 5.75. The van der Waals surface area contributed by atoms with Gasteiger partial charge in [-0.25, -0.2) is 4.98 Å². The lowest BCUT2D eigenvalue weighted by atomic mass is 10.2. The largest absolute Gasteiger partial charge is 0.481 e. The van der Waals surface area contributed by atoms with Crippen LogP contribution in [-0.4, -0.2) is 38.6 Å². The number of carbonyl (C=O) groups is 1. The van der Waals surface area contributed by atoms with Crippen LogP contribution in [0.3, 0.4) is 0 Å². The van der Waals surface area contributed by atoms with Crippen molar-refractivity contribution in [2.24, 2.45) is 7.05 Å². The lowest BCUT2D eigenvalue weighted by Crippen LogP contribution is -2.30. The van der Waals surface area contributed by atoms with E-state index in [1.54, 1.807) is 0 Å². The summed E-state index contributed by atoms with van der Waals surface area (Å²) >= 11 is 0. The second-order valence-corrected chi connectivity index (χ2v) is 4.97. The van der Waals surface area contributed by atoms with Crippen molar-refractivity contribution >= 4 is 17.0 Å². The van der Waals surface area contributed by atoms with Crippen molar-refractivity contribution in [3.8, 4) is 0 Å². The standard InChI is InChI=1S/C15H21N3O2/c1-4-18(10-9-14(19)20)11(2)15-16-12-7-5-6-8-13(12)17(15)3/h5-8,11H,4,9-10H2,1-3H3,(H,19,20). The Bertz CT molecular complexity index is 606. The summed E-state index contributed by atoms with van der Waals surface area (Å²) in [5.41, 5.74) is 2.08. The molecule has 0 fully saturated rings. The maximum atomic E-state index is 10.7. The van der Waals surface area contributed by atoms with Crippen LogP contribution in [0.2, 0.25) is 0 Å². The van der Waals surface area contributed by atoms with Crippen LogP contribution in [0.1, 0.15) is 32.1 Å². The quantitative estimate of drug-likeness (QED) is 0.879. The zero-order chi connectivity index (χ0) is 14.7. The number of aryl methyl sites for hydroxylation is 1. The zero-order valence-electron chi connectivity index (χ0n) is 12.2. The van der Waals surface area contributed by atoms with Crippen molar-refractivity contribution in [3.05, 3.63) is 30.1 Å². The van der Waals surface area contributed by atoms with Crippen LogP contribution >= 0.6 is 0 Å². The van der Waals surface area contributed by atoms with E-state index in [0.29, 0.717) is 6.54 Å². The smallest absolute Gasteiger partial charge is 0.304 e. The van der Waals surface area contributed by atoms with Gasteiger partial charge in [-0.1, -0.05) is 19.1 Å². The highest BCUT2D eigenvalue weighted by Crippen LogP contribution is 2.23. The highest BCUT2D eigenvalue weighted by atomic mass is 16.4. The number of carboxylic acid groups (broad SMARTS) is 1. The molecule has 1 aromatic heterocycles. The molecule has 1 heterocycles. The van der Waals surface area contributed by atoms with Crippen molar-refractivity contribution in [1.29, 1.82) is 0 Å². The Balaban J connectivity index is 2.27. The first-order valence-corrected chi connectivity index (χ1v) is 6.91. The van der Waals surface area contributed by atoms with E-state index in [2.05, 4.69) is 21.4 Å². The molecule has 2 aromatic rings. The van der Waals surface area contributed by atoms with Crippen LogP contribution < -0.4 is 0 Å². The molecule has 0 aliphatic heterocycles. The molecule has 1 aromatic carbocycles. The summed E-state index contributed by atoms with van der Waals surface area (Å²) in [6.45, 7) is 5.46. The number of para-hydroxylation sites is 2. The first-order valence-electron chi connectivity index (χ1n) is 6.91. The van der Waals surface area contributed by atoms with Gasteiger partial charge in [0.2, 0.25) is 0 Å². The van der Waals surface area contributed by atoms with Crippen LogP contribution in [0.4, 0.5) is 0 Å². The Hall–Kier alpha value is -1.88. The molecule has 1 unspecified atom stereocenters. The normalized spacial score (nSPS) is 13.0. The number of aliphatic carboxylic acids is 1. The highest BCUT2D eigenvalue weighted by Gasteiger charge is 2.20. The van der Waals surface area contributed by atoms with Crippen LogP contribution in [0.15, 0.2) is 24.3 Å². The summed E-state index contributed by atoms with van der Waals surface area (Å²) in [4.78, 5) is 17.6. The predicted octanol–water partition coefficient (Wildman–Crippen LogP) is 2.43. The molecule has 0 radical (unpaired) electrons. The van der Waals surface area contributed by atoms with Crippen LogP contribution in [0.5, 0.6) is 0 Å². The molecular weight excluding hydrogens is 254 g/mol. The molecule has 1 N–H and O–H groups in total. The maximum Gasteiger partial charge on any atom is 0.304 e. The summed E-state index contributed by atoms with van der Waals surface area (Å²) in [7, 11) is 2.01. The summed E-state index contributed by atoms with van der Waals surface area (Å²) in [6, 6.07) is 8.12. The van der Waals surface area contributed by atoms with E-state index >= 15 is 0 Å². The van der Waals surface area contributed by atoms with E-state index in [1.165, 1.54) is 0 Å². The van der Waals surface area contributed by atoms with E-state index < -0.39 is 5.97 Å². The average molecular weight is 275 g/mol. The number of nitrogens with zero attached hydrogens (tertiary/aromatic N) is 3. The minimum atomic E-state index is -0.763. The van der Waals surface area contributed by atoms with Crippen LogP contribution in [-0.2, 0) is 11.8 Å². The molecule has 2 rings (SSSR count). The number of rotatable bonds is 6. The Labute approximate surface area is 118 Å². The van der Waals surface area contributed by atoms with Gasteiger partial charge in [-0.2, -0.15) is 0 Å². The van der Waals surface area contributed by atoms with Crippen molar-refractivity contribution in [2.75, 3.05) is 13.1 Å². The van der Waals surface area contributed by atoms with E-state index in [9.17, 15) is 4.79 Å². The number of carboxylic acids is 1. The Kier molecular flexibility index (Phi) is 4.39. The minimum absolute atomic E-state index is 0.0942. The van der Waals surface area contributed by atoms with Crippen molar-refractivity contribution in [1.82, 2.24) is 14.5 Å². The summed E-state index contributed by atoms with van der Waals surface area (Å²) < 4.78 is 2.09. The predicted molar refractivity (Wildman–Crippen MR) is 78.6 cm³/mol. The molecule has 0 bridgehead atoms. The van der Waals surface area contributed by atoms with E-state index in [0.717, 1.165) is 23.4 Å². The summed E-state index contributed by atoms with van der Waals surface area (Å²) in [6.07, 6.45) is 0.155. The van der Waals surface area contributed by atoms with Gasteiger partial charge in [0.25, 0.3) is 0 Å². The third-order valence-corrected chi connectivity index (χ3v) is 3.76. The third-order valence-electron chi connectivity index (χ3n) is 3.76. The molecule has 0 aliphatic carbocycles. The number of aromatic nitrogens is 2. The number of hydrogen-bond acceptors (Lipinski definition) is 3. The number of hydrogen-bond donors (Lipinski definition) is 1. The van der Waals surface area contributed by atoms with Gasteiger partial charge in [0.05, 0.1) is 23.5 Å². The van der Waals surface area contributed by atoms with Gasteiger partial charge >= 0.3 is 5.97 Å². The molecule has 20 heavy (non-hydrogen) atoms. The fourth-order valence-corrected chi connectivity index (χ4v) is 2.57. The Morgan fingerprint density at radius 3 is 2.75 bits per heavy atom. The molecule has 108 valence electrons. The van der Waals surface area contributed by atoms with Gasteiger partial charge in [-0.15, -0.1) is 0 Å². The molecule has 1 atom stereocenters. The van der Waals surface area contributed by atoms with Gasteiger partial charge in [0.15, 0.2) is 0 Å². The molecule has 0 saturated heterocycles. The zero-order valence-corrected chi connectivity index (χ0v) is 12.2. The molecule has 0 saturated carbocycles. The fraction of sp³-hybridized carbons (Fsp3) is 0.467. The van der Waals surface area contributed by atoms with Crippen molar-refractivity contribution < 1.29 is 9.90 Å². The average Bonchev–Trinajstić information content (AvgIpc) is 2.77. The topological polar surface area (TPSA) is 58.4 Å². The van der Waals surface area contributed by atoms with E-state index in [-0.39, 0.29) is 12.5 Å². The summed E-state index contributed by atoms with van der Waals surface area (Å²) in [5.74, 6) is 0.207. The number of imidazole rings is 1. The minimum Gasteiger partial charge on any atom is -0.481 e. The van der Waals surface area contributed by atoms with Crippen LogP contribution in [0, 0.1) is 0 Å². The van der Waals surface area contributed by atoms with Gasteiger partial charge in [-0.05, 0) is 25.6 Å². The lowest BCUT2D eigenvalue weighted by Gasteiger charge is -2.26. The second kappa shape index (κ2) is 6.05. The maximum absolute atomic E-state index is 10.7. The van der Waals surface area contributed by atoms with Gasteiger partial charge in [-0.3, -0.25) is 9.69 Å². The van der Waals surface area contributed by atoms with Gasteiger partial charge in [0.1, 0.15) is 5.82 Å².